The highest BCUT2D eigenvalue weighted by Crippen LogP contribution is 2.14. The Kier molecular flexibility index (Phi) is 3.95. The van der Waals surface area contributed by atoms with Gasteiger partial charge in [0.1, 0.15) is 11.6 Å². The summed E-state index contributed by atoms with van der Waals surface area (Å²) >= 11 is 0. The van der Waals surface area contributed by atoms with Gasteiger partial charge in [-0.1, -0.05) is 12.1 Å². The number of hydrogen-bond donors (Lipinski definition) is 1. The number of rotatable bonds is 3. The van der Waals surface area contributed by atoms with Crippen molar-refractivity contribution in [2.24, 2.45) is 14.1 Å². The van der Waals surface area contributed by atoms with Gasteiger partial charge < -0.3 is 9.88 Å². The zero-order valence-electron chi connectivity index (χ0n) is 14.7. The minimum atomic E-state index is -0.631. The fourth-order valence-corrected chi connectivity index (χ4v) is 3.09. The van der Waals surface area contributed by atoms with Crippen LogP contribution >= 0.6 is 0 Å². The smallest absolute Gasteiger partial charge is 0.276 e. The molecule has 0 spiro atoms. The predicted molar refractivity (Wildman–Crippen MR) is 98.8 cm³/mol. The third kappa shape index (κ3) is 2.84. The normalized spacial score (nSPS) is 11.2. The largest absolute Gasteiger partial charge is 0.343 e. The van der Waals surface area contributed by atoms with Crippen LogP contribution in [-0.4, -0.2) is 25.2 Å². The maximum atomic E-state index is 13.5. The Hall–Kier alpha value is -3.55. The second-order valence-corrected chi connectivity index (χ2v) is 6.22. The summed E-state index contributed by atoms with van der Waals surface area (Å²) < 4.78 is 16.8. The highest BCUT2D eigenvalue weighted by atomic mass is 19.1. The second kappa shape index (κ2) is 6.31. The van der Waals surface area contributed by atoms with E-state index in [1.165, 1.54) is 16.8 Å². The molecule has 1 N–H and O–H groups in total. The summed E-state index contributed by atoms with van der Waals surface area (Å²) in [7, 11) is 3.45. The lowest BCUT2D eigenvalue weighted by Crippen LogP contribution is -2.32. The summed E-state index contributed by atoms with van der Waals surface area (Å²) in [6.07, 6.45) is 0. The number of para-hydroxylation sites is 2. The van der Waals surface area contributed by atoms with E-state index < -0.39 is 17.2 Å². The van der Waals surface area contributed by atoms with E-state index in [9.17, 15) is 14.0 Å². The number of halogens is 1. The number of carbonyl (C=O) groups is 1. The molecule has 2 heterocycles. The summed E-state index contributed by atoms with van der Waals surface area (Å²) in [5.41, 5.74) is 1.32. The standard InChI is InChI=1S/C19H16FN5O2/c1-24-15-6-4-3-5-13(15)22-16(24)10-21-19(27)17-18(26)12-9-11(20)7-8-14(12)25(2)23-17/h3-9H,10H2,1-2H3,(H,21,27). The minimum Gasteiger partial charge on any atom is -0.343 e. The number of imidazole rings is 1. The van der Waals surface area contributed by atoms with Gasteiger partial charge in [-0.15, -0.1) is 0 Å². The molecule has 0 bridgehead atoms. The molecule has 0 aliphatic heterocycles. The molecule has 27 heavy (non-hydrogen) atoms. The van der Waals surface area contributed by atoms with Crippen LogP contribution in [0.4, 0.5) is 4.39 Å². The van der Waals surface area contributed by atoms with Crippen molar-refractivity contribution < 1.29 is 9.18 Å². The van der Waals surface area contributed by atoms with Crippen molar-refractivity contribution in [2.75, 3.05) is 0 Å². The van der Waals surface area contributed by atoms with Gasteiger partial charge in [0.25, 0.3) is 5.91 Å². The van der Waals surface area contributed by atoms with Crippen molar-refractivity contribution >= 4 is 27.8 Å². The molecule has 2 aromatic heterocycles. The van der Waals surface area contributed by atoms with Gasteiger partial charge in [-0.3, -0.25) is 14.3 Å². The van der Waals surface area contributed by atoms with E-state index in [2.05, 4.69) is 15.4 Å². The number of fused-ring (bicyclic) bond motifs is 2. The number of nitrogens with one attached hydrogen (secondary N) is 1. The number of aryl methyl sites for hydroxylation is 2. The van der Waals surface area contributed by atoms with Crippen LogP contribution in [0.2, 0.25) is 0 Å². The third-order valence-electron chi connectivity index (χ3n) is 4.52. The van der Waals surface area contributed by atoms with Crippen LogP contribution < -0.4 is 10.7 Å². The first kappa shape index (κ1) is 16.9. The Morgan fingerprint density at radius 2 is 1.93 bits per heavy atom. The average Bonchev–Trinajstić information content (AvgIpc) is 2.98. The molecule has 1 amide bonds. The van der Waals surface area contributed by atoms with Gasteiger partial charge in [0.15, 0.2) is 5.69 Å². The van der Waals surface area contributed by atoms with E-state index in [-0.39, 0.29) is 17.6 Å². The first-order chi connectivity index (χ1) is 13.0. The van der Waals surface area contributed by atoms with Gasteiger partial charge in [-0.2, -0.15) is 5.10 Å². The molecule has 0 saturated carbocycles. The fraction of sp³-hybridized carbons (Fsp3) is 0.158. The molecule has 0 fully saturated rings. The molecular formula is C19H16FN5O2. The molecular weight excluding hydrogens is 349 g/mol. The Bertz CT molecular complexity index is 1260. The van der Waals surface area contributed by atoms with Crippen molar-refractivity contribution in [3.8, 4) is 0 Å². The molecule has 7 nitrogen and oxygen atoms in total. The van der Waals surface area contributed by atoms with E-state index in [1.54, 1.807) is 7.05 Å². The Morgan fingerprint density at radius 3 is 2.70 bits per heavy atom. The van der Waals surface area contributed by atoms with Gasteiger partial charge >= 0.3 is 0 Å². The van der Waals surface area contributed by atoms with Gasteiger partial charge in [0, 0.05) is 14.1 Å². The maximum absolute atomic E-state index is 13.5. The number of nitrogens with zero attached hydrogens (tertiary/aromatic N) is 4. The number of aromatic nitrogens is 4. The molecule has 0 aliphatic carbocycles. The SMILES string of the molecule is Cn1nc(C(=O)NCc2nc3ccccc3n2C)c(=O)c2cc(F)ccc21. The Balaban J connectivity index is 1.66. The van der Waals surface area contributed by atoms with Crippen LogP contribution in [0.1, 0.15) is 16.3 Å². The van der Waals surface area contributed by atoms with E-state index in [0.717, 1.165) is 17.1 Å². The van der Waals surface area contributed by atoms with Gasteiger partial charge in [0.05, 0.1) is 28.5 Å². The molecule has 0 saturated heterocycles. The van der Waals surface area contributed by atoms with Crippen LogP contribution in [-0.2, 0) is 20.6 Å². The molecule has 4 aromatic rings. The summed E-state index contributed by atoms with van der Waals surface area (Å²) in [6, 6.07) is 11.4. The topological polar surface area (TPSA) is 81.8 Å². The zero-order chi connectivity index (χ0) is 19.1. The Labute approximate surface area is 153 Å². The number of hydrogen-bond acceptors (Lipinski definition) is 4. The summed E-state index contributed by atoms with van der Waals surface area (Å²) in [5.74, 6) is -0.529. The van der Waals surface area contributed by atoms with Crippen LogP contribution in [0.15, 0.2) is 47.3 Å². The predicted octanol–water partition coefficient (Wildman–Crippen LogP) is 1.89. The third-order valence-corrected chi connectivity index (χ3v) is 4.52. The van der Waals surface area contributed by atoms with Crippen molar-refractivity contribution in [3.05, 3.63) is 70.0 Å². The summed E-state index contributed by atoms with van der Waals surface area (Å²) in [5, 5.41) is 6.83. The highest BCUT2D eigenvalue weighted by Gasteiger charge is 2.18. The van der Waals surface area contributed by atoms with Gasteiger partial charge in [-0.25, -0.2) is 9.37 Å². The van der Waals surface area contributed by atoms with Gasteiger partial charge in [-0.05, 0) is 30.3 Å². The maximum Gasteiger partial charge on any atom is 0.276 e. The van der Waals surface area contributed by atoms with Crippen LogP contribution in [0.3, 0.4) is 0 Å². The summed E-state index contributed by atoms with van der Waals surface area (Å²) in [6.45, 7) is 0.135. The number of benzene rings is 2. The molecule has 4 rings (SSSR count). The van der Waals surface area contributed by atoms with E-state index in [0.29, 0.717) is 11.3 Å². The number of amides is 1. The van der Waals surface area contributed by atoms with Crippen molar-refractivity contribution in [1.29, 1.82) is 0 Å². The highest BCUT2D eigenvalue weighted by molar-refractivity contribution is 5.95. The zero-order valence-corrected chi connectivity index (χ0v) is 14.7. The lowest BCUT2D eigenvalue weighted by Gasteiger charge is -2.08. The molecule has 0 atom stereocenters. The van der Waals surface area contributed by atoms with Gasteiger partial charge in [0.2, 0.25) is 5.43 Å². The molecule has 0 radical (unpaired) electrons. The monoisotopic (exact) mass is 365 g/mol. The first-order valence-electron chi connectivity index (χ1n) is 8.31. The Morgan fingerprint density at radius 1 is 1.15 bits per heavy atom. The lowest BCUT2D eigenvalue weighted by molar-refractivity contribution is 0.0941. The van der Waals surface area contributed by atoms with Crippen LogP contribution in [0, 0.1) is 5.82 Å². The van der Waals surface area contributed by atoms with Crippen LogP contribution in [0.5, 0.6) is 0 Å². The van der Waals surface area contributed by atoms with Crippen molar-refractivity contribution in [2.45, 2.75) is 6.54 Å². The quantitative estimate of drug-likeness (QED) is 0.601. The number of carbonyl (C=O) groups excluding carboxylic acids is 1. The first-order valence-corrected chi connectivity index (χ1v) is 8.31. The summed E-state index contributed by atoms with van der Waals surface area (Å²) in [4.78, 5) is 29.6. The molecule has 8 heteroatoms. The second-order valence-electron chi connectivity index (χ2n) is 6.22. The molecule has 0 unspecified atom stereocenters. The van der Waals surface area contributed by atoms with Crippen LogP contribution in [0.25, 0.3) is 21.9 Å². The fourth-order valence-electron chi connectivity index (χ4n) is 3.09. The van der Waals surface area contributed by atoms with E-state index >= 15 is 0 Å². The molecule has 136 valence electrons. The molecule has 2 aromatic carbocycles. The molecule has 0 aliphatic rings. The van der Waals surface area contributed by atoms with E-state index in [4.69, 9.17) is 0 Å². The minimum absolute atomic E-state index is 0.111. The van der Waals surface area contributed by atoms with Crippen molar-refractivity contribution in [1.82, 2.24) is 24.6 Å². The lowest BCUT2D eigenvalue weighted by atomic mass is 10.2. The van der Waals surface area contributed by atoms with Crippen molar-refractivity contribution in [3.63, 3.8) is 0 Å². The van der Waals surface area contributed by atoms with E-state index in [1.807, 2.05) is 35.9 Å². The average molecular weight is 365 g/mol.